The number of ether oxygens (including phenoxy) is 6. The third-order valence-corrected chi connectivity index (χ3v) is 20.7. The maximum absolute atomic E-state index is 13.1. The Balaban J connectivity index is 0.000000635. The highest BCUT2D eigenvalue weighted by Gasteiger charge is 2.32. The molecule has 114 heavy (non-hydrogen) atoms. The lowest BCUT2D eigenvalue weighted by Gasteiger charge is -2.14. The number of halogens is 10. The van der Waals surface area contributed by atoms with Crippen molar-refractivity contribution >= 4 is 91.0 Å². The van der Waals surface area contributed by atoms with Crippen LogP contribution >= 0.6 is 85.3 Å². The van der Waals surface area contributed by atoms with E-state index in [1.165, 1.54) is 62.0 Å². The first kappa shape index (κ1) is 105. The Kier molecular flexibility index (Phi) is 51.1. The summed E-state index contributed by atoms with van der Waals surface area (Å²) in [5.74, 6) is 8.59. The highest BCUT2D eigenvalue weighted by Crippen LogP contribution is 2.35. The van der Waals surface area contributed by atoms with E-state index in [9.17, 15) is 17.6 Å². The van der Waals surface area contributed by atoms with Crippen molar-refractivity contribution in [3.63, 3.8) is 0 Å². The molecule has 626 valence electrons. The minimum Gasteiger partial charge on any atom is -0.497 e. The average Bonchev–Trinajstić information content (AvgIpc) is 0.967. The van der Waals surface area contributed by atoms with Gasteiger partial charge < -0.3 is 34.2 Å². The van der Waals surface area contributed by atoms with E-state index in [4.69, 9.17) is 87.4 Å². The number of thiophene rings is 1. The molecule has 0 saturated heterocycles. The molecule has 0 unspecified atom stereocenters. The number of anilines is 1. The highest BCUT2D eigenvalue weighted by molar-refractivity contribution is 9.10. The van der Waals surface area contributed by atoms with E-state index in [1.807, 2.05) is 160 Å². The molecule has 0 aliphatic heterocycles. The van der Waals surface area contributed by atoms with Crippen LogP contribution in [-0.2, 0) is 6.42 Å². The van der Waals surface area contributed by atoms with Gasteiger partial charge in [-0.05, 0) is 249 Å². The Labute approximate surface area is 720 Å². The average molecular weight is 1750 g/mol. The minimum atomic E-state index is -4.62. The summed E-state index contributed by atoms with van der Waals surface area (Å²) in [7, 11) is 8.29. The highest BCUT2D eigenvalue weighted by atomic mass is 79.9. The SMILES string of the molecule is CC(C)Cc1cccc(Cl)c1.CC(C)c1ccc(Cl)c(Cl)c1.CC(C)c1ccccc1Cl.CC(C)c1ccccc1N.CC(C)c1ccccc1OC(F)(F)F.COc1ccc(Br)c(C(C)C)c1.COc1ccc(Cl)c(C(C)C)c1.COc1ccc(F)c(C(C)C)c1.COc1ccc(OC)c(C(C)C)c1.Cc1ccsc1C(C)C. The Hall–Kier alpha value is -7.07. The van der Waals surface area contributed by atoms with Gasteiger partial charge in [-0.3, -0.25) is 0 Å². The Morgan fingerprint density at radius 3 is 1.23 bits per heavy atom. The standard InChI is InChI=1S/C11H16O2.C10H13BrO.C10H13ClO.C10H13Cl.C10H11F3O.C10H13FO.C9H10Cl2.C9H11Cl.C9H13N.C8H12S/c1-8(2)10-7-9(12-3)5-6-11(10)13-4;2*1-7(2)9-6-8(12-3)4-5-10(9)11;1-8(2)6-9-4-3-5-10(11)7-9;1-7(2)8-5-3-4-6-9(8)14-10(11,12)13;1-7(2)9-6-8(12-3)4-5-10(9)11;1-6(2)7-3-4-8(10)9(11)5-7;2*1-7(2)8-5-3-4-6-9(8)10;1-6(2)8-7(3)4-5-9-8/h5-8H,1-4H3;2*4-7H,1-3H3;3-5,7-8H,6H2,1-2H3;3-7H,1-2H3;4-7H,1-3H3;3-6H,1-2H3;3-7H,1-2H3;3-7H,10H2,1-2H3;4-6H,1-3H3. The lowest BCUT2D eigenvalue weighted by molar-refractivity contribution is -0.275. The first-order valence-electron chi connectivity index (χ1n) is 38.4. The predicted octanol–water partition coefficient (Wildman–Crippen LogP) is 33.2. The van der Waals surface area contributed by atoms with E-state index < -0.39 is 6.36 Å². The molecule has 0 saturated carbocycles. The summed E-state index contributed by atoms with van der Waals surface area (Å²) in [6.45, 7) is 44.3. The minimum absolute atomic E-state index is 0.00792. The maximum atomic E-state index is 13.1. The number of aryl methyl sites for hydroxylation is 1. The van der Waals surface area contributed by atoms with Crippen LogP contribution in [0.3, 0.4) is 0 Å². The Morgan fingerprint density at radius 2 is 0.816 bits per heavy atom. The summed E-state index contributed by atoms with van der Waals surface area (Å²) in [4.78, 5) is 1.52. The van der Waals surface area contributed by atoms with E-state index in [-0.39, 0.29) is 23.4 Å². The zero-order valence-corrected chi connectivity index (χ0v) is 77.9. The first-order chi connectivity index (χ1) is 53.5. The zero-order chi connectivity index (χ0) is 86.7. The number of rotatable bonds is 17. The summed E-state index contributed by atoms with van der Waals surface area (Å²) in [5.41, 5.74) is 17.9. The van der Waals surface area contributed by atoms with Gasteiger partial charge in [0.25, 0.3) is 0 Å². The molecule has 2 N–H and O–H groups in total. The molecule has 0 bridgehead atoms. The molecular weight excluding hydrogens is 1630 g/mol. The smallest absolute Gasteiger partial charge is 0.497 e. The van der Waals surface area contributed by atoms with Gasteiger partial charge in [-0.15, -0.1) is 24.5 Å². The van der Waals surface area contributed by atoms with Crippen molar-refractivity contribution in [1.82, 2.24) is 0 Å². The summed E-state index contributed by atoms with van der Waals surface area (Å²) >= 11 is 34.7. The summed E-state index contributed by atoms with van der Waals surface area (Å²) in [6.07, 6.45) is -3.51. The van der Waals surface area contributed by atoms with Crippen LogP contribution in [0.4, 0.5) is 23.2 Å². The fourth-order valence-electron chi connectivity index (χ4n) is 10.7. The molecule has 0 radical (unpaired) electrons. The van der Waals surface area contributed by atoms with Gasteiger partial charge in [0.05, 0.1) is 45.6 Å². The molecule has 1 aromatic heterocycles. The molecular formula is C96H125BrCl5F4NO6S. The largest absolute Gasteiger partial charge is 0.573 e. The monoisotopic (exact) mass is 1750 g/mol. The molecule has 0 atom stereocenters. The van der Waals surface area contributed by atoms with Crippen molar-refractivity contribution in [2.45, 2.75) is 211 Å². The molecule has 0 amide bonds. The van der Waals surface area contributed by atoms with Crippen LogP contribution in [0.1, 0.15) is 252 Å². The van der Waals surface area contributed by atoms with Gasteiger partial charge in [0.1, 0.15) is 40.3 Å². The van der Waals surface area contributed by atoms with Gasteiger partial charge in [0, 0.05) is 35.7 Å². The summed E-state index contributed by atoms with van der Waals surface area (Å²) in [6, 6.07) is 60.5. The number of benzene rings is 9. The van der Waals surface area contributed by atoms with Crippen LogP contribution in [0, 0.1) is 18.7 Å². The normalized spacial score (nSPS) is 10.6. The lowest BCUT2D eigenvalue weighted by atomic mass is 10.0. The molecule has 18 heteroatoms. The van der Waals surface area contributed by atoms with Gasteiger partial charge >= 0.3 is 6.36 Å². The van der Waals surface area contributed by atoms with Crippen LogP contribution in [0.5, 0.6) is 34.5 Å². The van der Waals surface area contributed by atoms with E-state index in [1.54, 1.807) is 59.8 Å². The predicted molar refractivity (Wildman–Crippen MR) is 489 cm³/mol. The van der Waals surface area contributed by atoms with Crippen molar-refractivity contribution in [1.29, 1.82) is 0 Å². The van der Waals surface area contributed by atoms with Crippen molar-refractivity contribution in [3.8, 4) is 34.5 Å². The second-order valence-corrected chi connectivity index (χ2v) is 33.6. The van der Waals surface area contributed by atoms with E-state index in [0.29, 0.717) is 74.3 Å². The van der Waals surface area contributed by atoms with Crippen molar-refractivity contribution < 1.29 is 46.0 Å². The number of hydrogen-bond acceptors (Lipinski definition) is 8. The van der Waals surface area contributed by atoms with Crippen LogP contribution in [0.25, 0.3) is 0 Å². The van der Waals surface area contributed by atoms with Gasteiger partial charge in [-0.25, -0.2) is 4.39 Å². The molecule has 0 aliphatic carbocycles. The van der Waals surface area contributed by atoms with E-state index in [2.05, 4.69) is 174 Å². The Morgan fingerprint density at radius 1 is 0.377 bits per heavy atom. The van der Waals surface area contributed by atoms with Crippen LogP contribution in [-0.4, -0.2) is 41.9 Å². The van der Waals surface area contributed by atoms with Gasteiger partial charge in [0.2, 0.25) is 0 Å². The second-order valence-electron chi connectivity index (χ2n) is 29.8. The molecule has 7 nitrogen and oxygen atoms in total. The fourth-order valence-corrected chi connectivity index (χ4v) is 13.6. The Bertz CT molecular complexity index is 4140. The number of methoxy groups -OCH3 is 5. The molecule has 0 fully saturated rings. The molecule has 0 aliphatic rings. The summed E-state index contributed by atoms with van der Waals surface area (Å²) < 4.78 is 79.7. The molecule has 10 aromatic rings. The fraction of sp³-hybridized carbons (Fsp3) is 0.396. The number of para-hydroxylation sites is 2. The van der Waals surface area contributed by atoms with Gasteiger partial charge in [-0.2, -0.15) is 0 Å². The molecule has 1 heterocycles. The van der Waals surface area contributed by atoms with E-state index >= 15 is 0 Å². The van der Waals surface area contributed by atoms with Crippen LogP contribution in [0.15, 0.2) is 204 Å². The molecule has 0 spiro atoms. The lowest BCUT2D eigenvalue weighted by Crippen LogP contribution is -2.18. The molecule has 9 aromatic carbocycles. The summed E-state index contributed by atoms with van der Waals surface area (Å²) in [5, 5.41) is 5.94. The maximum Gasteiger partial charge on any atom is 0.573 e. The number of nitrogen functional groups attached to an aromatic ring is 1. The van der Waals surface area contributed by atoms with Crippen LogP contribution < -0.4 is 34.2 Å². The van der Waals surface area contributed by atoms with Gasteiger partial charge in [-0.1, -0.05) is 285 Å². The third kappa shape index (κ3) is 41.2. The van der Waals surface area contributed by atoms with Crippen molar-refractivity contribution in [2.75, 3.05) is 41.3 Å². The van der Waals surface area contributed by atoms with Gasteiger partial charge in [0.15, 0.2) is 0 Å². The quantitative estimate of drug-likeness (QED) is 0.0718. The van der Waals surface area contributed by atoms with E-state index in [0.717, 1.165) is 60.2 Å². The number of alkyl halides is 3. The first-order valence-corrected chi connectivity index (χ1v) is 41.9. The van der Waals surface area contributed by atoms with Crippen LogP contribution in [0.2, 0.25) is 25.1 Å². The zero-order valence-electron chi connectivity index (χ0n) is 71.7. The topological polar surface area (TPSA) is 81.4 Å². The molecule has 10 rings (SSSR count). The van der Waals surface area contributed by atoms with Crippen molar-refractivity contribution in [2.24, 2.45) is 5.92 Å². The van der Waals surface area contributed by atoms with Crippen molar-refractivity contribution in [3.05, 3.63) is 295 Å². The number of nitrogens with two attached hydrogens (primary N) is 1. The third-order valence-electron chi connectivity index (χ3n) is 17.0. The second kappa shape index (κ2) is 55.5. The number of hydrogen-bond donors (Lipinski definition) is 1.